The Morgan fingerprint density at radius 2 is 1.86 bits per heavy atom. The summed E-state index contributed by atoms with van der Waals surface area (Å²) < 4.78 is 5.75. The van der Waals surface area contributed by atoms with Gasteiger partial charge in [0.2, 0.25) is 0 Å². The normalized spacial score (nSPS) is 19.0. The summed E-state index contributed by atoms with van der Waals surface area (Å²) in [5, 5.41) is 10.8. The van der Waals surface area contributed by atoms with Crippen LogP contribution in [0.2, 0.25) is 0 Å². The zero-order valence-corrected chi connectivity index (χ0v) is 16.4. The Balaban J connectivity index is 2.05. The molecule has 1 amide bonds. The van der Waals surface area contributed by atoms with E-state index in [1.807, 2.05) is 0 Å². The van der Waals surface area contributed by atoms with Crippen molar-refractivity contribution in [2.24, 2.45) is 0 Å². The molecular formula is C21H25N3O4. The Labute approximate surface area is 164 Å². The number of ketones is 1. The lowest BCUT2D eigenvalue weighted by Gasteiger charge is -2.26. The molecule has 28 heavy (non-hydrogen) atoms. The second-order valence-corrected chi connectivity index (χ2v) is 6.70. The van der Waals surface area contributed by atoms with Crippen molar-refractivity contribution in [3.05, 3.63) is 59.3 Å². The van der Waals surface area contributed by atoms with Gasteiger partial charge < -0.3 is 19.3 Å². The van der Waals surface area contributed by atoms with Crippen LogP contribution in [0.25, 0.3) is 5.76 Å². The number of hydrogen-bond donors (Lipinski definition) is 1. The summed E-state index contributed by atoms with van der Waals surface area (Å²) in [6.45, 7) is 8.59. The van der Waals surface area contributed by atoms with Crippen LogP contribution in [0.4, 0.5) is 0 Å². The van der Waals surface area contributed by atoms with Crippen molar-refractivity contribution in [2.45, 2.75) is 26.8 Å². The van der Waals surface area contributed by atoms with Gasteiger partial charge in [-0.1, -0.05) is 13.8 Å². The lowest BCUT2D eigenvalue weighted by atomic mass is 10.00. The van der Waals surface area contributed by atoms with E-state index in [2.05, 4.69) is 23.7 Å². The number of likely N-dealkylation sites (N-methyl/N-ethyl adjacent to an activating group) is 1. The molecule has 1 N–H and O–H groups in total. The van der Waals surface area contributed by atoms with Gasteiger partial charge in [0.25, 0.3) is 11.7 Å². The first-order chi connectivity index (χ1) is 13.5. The molecule has 2 aromatic heterocycles. The van der Waals surface area contributed by atoms with Gasteiger partial charge in [0, 0.05) is 31.0 Å². The van der Waals surface area contributed by atoms with Crippen LogP contribution in [-0.2, 0) is 9.59 Å². The zero-order valence-electron chi connectivity index (χ0n) is 16.4. The molecule has 2 aromatic rings. The molecule has 7 heteroatoms. The maximum absolute atomic E-state index is 12.8. The summed E-state index contributed by atoms with van der Waals surface area (Å²) in [4.78, 5) is 33.2. The molecule has 0 aromatic carbocycles. The second-order valence-electron chi connectivity index (χ2n) is 6.70. The van der Waals surface area contributed by atoms with Gasteiger partial charge in [-0.05, 0) is 44.3 Å². The third kappa shape index (κ3) is 3.71. The number of aliphatic hydroxyl groups excluding tert-OH is 1. The molecule has 0 radical (unpaired) electrons. The number of likely N-dealkylation sites (tertiary alicyclic amines) is 1. The SMILES string of the molecule is CCN(CC)CCN1C(=O)C(=O)/C(=C(\O)c2ccncc2)C1c1ccc(C)o1. The van der Waals surface area contributed by atoms with Gasteiger partial charge in [-0.2, -0.15) is 0 Å². The van der Waals surface area contributed by atoms with E-state index in [9.17, 15) is 14.7 Å². The van der Waals surface area contributed by atoms with Crippen LogP contribution in [0.15, 0.2) is 46.6 Å². The number of aliphatic hydroxyl groups is 1. The van der Waals surface area contributed by atoms with Crippen LogP contribution in [0, 0.1) is 6.92 Å². The van der Waals surface area contributed by atoms with Gasteiger partial charge in [-0.25, -0.2) is 0 Å². The van der Waals surface area contributed by atoms with E-state index in [4.69, 9.17) is 4.42 Å². The number of pyridine rings is 1. The van der Waals surface area contributed by atoms with Crippen molar-refractivity contribution in [1.82, 2.24) is 14.8 Å². The molecule has 0 spiro atoms. The summed E-state index contributed by atoms with van der Waals surface area (Å²) in [6.07, 6.45) is 3.05. The molecule has 3 heterocycles. The lowest BCUT2D eigenvalue weighted by Crippen LogP contribution is -2.37. The molecule has 1 aliphatic heterocycles. The minimum atomic E-state index is -0.752. The molecule has 1 saturated heterocycles. The van der Waals surface area contributed by atoms with Crippen LogP contribution < -0.4 is 0 Å². The van der Waals surface area contributed by atoms with Crippen LogP contribution in [0.1, 0.15) is 37.0 Å². The molecule has 1 aliphatic rings. The van der Waals surface area contributed by atoms with Crippen LogP contribution in [0.5, 0.6) is 0 Å². The topological polar surface area (TPSA) is 86.9 Å². The van der Waals surface area contributed by atoms with Gasteiger partial charge in [0.05, 0.1) is 5.57 Å². The summed E-state index contributed by atoms with van der Waals surface area (Å²) in [5.74, 6) is -0.403. The van der Waals surface area contributed by atoms with Gasteiger partial charge in [0.15, 0.2) is 0 Å². The molecular weight excluding hydrogens is 358 g/mol. The van der Waals surface area contributed by atoms with Crippen LogP contribution in [-0.4, -0.2) is 57.8 Å². The Bertz CT molecular complexity index is 884. The number of carbonyl (C=O) groups excluding carboxylic acids is 2. The van der Waals surface area contributed by atoms with Crippen molar-refractivity contribution in [3.8, 4) is 0 Å². The largest absolute Gasteiger partial charge is 0.507 e. The van der Waals surface area contributed by atoms with Gasteiger partial charge in [0.1, 0.15) is 23.3 Å². The molecule has 1 unspecified atom stereocenters. The molecule has 0 saturated carbocycles. The van der Waals surface area contributed by atoms with E-state index in [0.29, 0.717) is 30.2 Å². The van der Waals surface area contributed by atoms with Crippen molar-refractivity contribution in [1.29, 1.82) is 0 Å². The fourth-order valence-electron chi connectivity index (χ4n) is 3.46. The number of rotatable bonds is 7. The number of hydrogen-bond acceptors (Lipinski definition) is 6. The minimum absolute atomic E-state index is 0.0464. The van der Waals surface area contributed by atoms with E-state index in [0.717, 1.165) is 13.1 Å². The molecule has 0 aliphatic carbocycles. The van der Waals surface area contributed by atoms with E-state index >= 15 is 0 Å². The lowest BCUT2D eigenvalue weighted by molar-refractivity contribution is -0.140. The minimum Gasteiger partial charge on any atom is -0.507 e. The summed E-state index contributed by atoms with van der Waals surface area (Å²) in [5.41, 5.74) is 0.482. The number of Topliss-reactive ketones (excluding diaryl/α,β-unsaturated/α-hetero) is 1. The van der Waals surface area contributed by atoms with Crippen LogP contribution >= 0.6 is 0 Å². The highest BCUT2D eigenvalue weighted by Crippen LogP contribution is 2.39. The highest BCUT2D eigenvalue weighted by atomic mass is 16.3. The van der Waals surface area contributed by atoms with E-state index in [-0.39, 0.29) is 11.3 Å². The molecule has 0 bridgehead atoms. The Morgan fingerprint density at radius 3 is 2.43 bits per heavy atom. The first kappa shape index (κ1) is 19.8. The summed E-state index contributed by atoms with van der Waals surface area (Å²) >= 11 is 0. The van der Waals surface area contributed by atoms with Crippen molar-refractivity contribution >= 4 is 17.4 Å². The maximum Gasteiger partial charge on any atom is 0.295 e. The van der Waals surface area contributed by atoms with E-state index in [1.54, 1.807) is 31.2 Å². The molecule has 148 valence electrons. The smallest absolute Gasteiger partial charge is 0.295 e. The number of nitrogens with zero attached hydrogens (tertiary/aromatic N) is 3. The fraction of sp³-hybridized carbons (Fsp3) is 0.381. The fourth-order valence-corrected chi connectivity index (χ4v) is 3.46. The molecule has 1 fully saturated rings. The second kappa shape index (κ2) is 8.39. The highest BCUT2D eigenvalue weighted by molar-refractivity contribution is 6.46. The zero-order chi connectivity index (χ0) is 20.3. The Hall–Kier alpha value is -2.93. The first-order valence-corrected chi connectivity index (χ1v) is 9.45. The van der Waals surface area contributed by atoms with Gasteiger partial charge >= 0.3 is 0 Å². The van der Waals surface area contributed by atoms with Crippen molar-refractivity contribution in [2.75, 3.05) is 26.2 Å². The van der Waals surface area contributed by atoms with Crippen molar-refractivity contribution in [3.63, 3.8) is 0 Å². The number of carbonyl (C=O) groups is 2. The monoisotopic (exact) mass is 383 g/mol. The number of aryl methyl sites for hydroxylation is 1. The maximum atomic E-state index is 12.8. The summed E-state index contributed by atoms with van der Waals surface area (Å²) in [7, 11) is 0. The number of aromatic nitrogens is 1. The standard InChI is InChI=1S/C21H25N3O4/c1-4-23(5-2)12-13-24-18(16-7-6-14(3)28-16)17(20(26)21(24)27)19(25)15-8-10-22-11-9-15/h6-11,18,25H,4-5,12-13H2,1-3H3/b19-17-. The van der Waals surface area contributed by atoms with E-state index < -0.39 is 17.7 Å². The van der Waals surface area contributed by atoms with Gasteiger partial charge in [-0.3, -0.25) is 14.6 Å². The molecule has 3 rings (SSSR count). The number of furan rings is 1. The highest BCUT2D eigenvalue weighted by Gasteiger charge is 2.47. The quantitative estimate of drug-likeness (QED) is 0.449. The van der Waals surface area contributed by atoms with Gasteiger partial charge in [-0.15, -0.1) is 0 Å². The Kier molecular flexibility index (Phi) is 5.94. The van der Waals surface area contributed by atoms with E-state index in [1.165, 1.54) is 17.3 Å². The Morgan fingerprint density at radius 1 is 1.18 bits per heavy atom. The third-order valence-corrected chi connectivity index (χ3v) is 5.08. The summed E-state index contributed by atoms with van der Waals surface area (Å²) in [6, 6.07) is 5.98. The molecule has 7 nitrogen and oxygen atoms in total. The van der Waals surface area contributed by atoms with Crippen LogP contribution in [0.3, 0.4) is 0 Å². The van der Waals surface area contributed by atoms with Crippen molar-refractivity contribution < 1.29 is 19.1 Å². The predicted octanol–water partition coefficient (Wildman–Crippen LogP) is 2.75. The number of amides is 1. The third-order valence-electron chi connectivity index (χ3n) is 5.08. The average Bonchev–Trinajstić information content (AvgIpc) is 3.24. The average molecular weight is 383 g/mol. The predicted molar refractivity (Wildman–Crippen MR) is 104 cm³/mol. The first-order valence-electron chi connectivity index (χ1n) is 9.45. The molecule has 1 atom stereocenters.